The van der Waals surface area contributed by atoms with Gasteiger partial charge >= 0.3 is 0 Å². The summed E-state index contributed by atoms with van der Waals surface area (Å²) in [6, 6.07) is 11.7. The molecule has 0 radical (unpaired) electrons. The molecule has 8 heteroatoms. The van der Waals surface area contributed by atoms with Gasteiger partial charge in [0.1, 0.15) is 6.61 Å². The van der Waals surface area contributed by atoms with Gasteiger partial charge < -0.3 is 4.74 Å². The van der Waals surface area contributed by atoms with Crippen LogP contribution in [0.25, 0.3) is 0 Å². The number of nitro groups is 2. The first kappa shape index (κ1) is 16.1. The number of nitro benzene ring substituents is 2. The van der Waals surface area contributed by atoms with Crippen molar-refractivity contribution in [1.29, 1.82) is 0 Å². The lowest BCUT2D eigenvalue weighted by molar-refractivity contribution is -0.385. The van der Waals surface area contributed by atoms with Gasteiger partial charge in [0.15, 0.2) is 0 Å². The van der Waals surface area contributed by atoms with Crippen molar-refractivity contribution in [2.45, 2.75) is 5.92 Å². The average Bonchev–Trinajstić information content (AvgIpc) is 2.56. The fourth-order valence-corrected chi connectivity index (χ4v) is 2.18. The smallest absolute Gasteiger partial charge is 0.293 e. The first-order valence-corrected chi connectivity index (χ1v) is 6.57. The molecule has 0 aromatic heterocycles. The second-order valence-electron chi connectivity index (χ2n) is 4.68. The van der Waals surface area contributed by atoms with Gasteiger partial charge in [-0.05, 0) is 11.1 Å². The highest BCUT2D eigenvalue weighted by atomic mass is 16.6. The Labute approximate surface area is 130 Å². The Morgan fingerprint density at radius 3 is 1.57 bits per heavy atom. The van der Waals surface area contributed by atoms with Gasteiger partial charge in [-0.25, -0.2) is 0 Å². The van der Waals surface area contributed by atoms with Gasteiger partial charge in [0.2, 0.25) is 0 Å². The Balaban J connectivity index is 2.33. The molecule has 0 N–H and O–H groups in total. The van der Waals surface area contributed by atoms with Gasteiger partial charge in [-0.2, -0.15) is 0 Å². The molecule has 0 atom stereocenters. The molecule has 0 aliphatic carbocycles. The summed E-state index contributed by atoms with van der Waals surface area (Å²) in [7, 11) is 0. The largest absolute Gasteiger partial charge is 0.467 e. The number of hydrogen-bond acceptors (Lipinski definition) is 6. The number of hydrogen-bond donors (Lipinski definition) is 0. The SMILES string of the molecule is O=COCC(c1ccc([N+](=O)[O-])cc1)c1ccc([N+](=O)[O-])cc1. The summed E-state index contributed by atoms with van der Waals surface area (Å²) in [6.07, 6.45) is 0. The van der Waals surface area contributed by atoms with Crippen LogP contribution in [-0.4, -0.2) is 22.9 Å². The van der Waals surface area contributed by atoms with Crippen molar-refractivity contribution in [2.24, 2.45) is 0 Å². The molecule has 0 bridgehead atoms. The summed E-state index contributed by atoms with van der Waals surface area (Å²) in [6.45, 7) is 0.336. The molecule has 0 saturated heterocycles. The van der Waals surface area contributed by atoms with E-state index in [4.69, 9.17) is 4.74 Å². The van der Waals surface area contributed by atoms with E-state index in [1.165, 1.54) is 24.3 Å². The van der Waals surface area contributed by atoms with Crippen LogP contribution < -0.4 is 0 Å². The fourth-order valence-electron chi connectivity index (χ4n) is 2.18. The Bertz CT molecular complexity index is 654. The highest BCUT2D eigenvalue weighted by molar-refractivity contribution is 5.43. The molecule has 0 unspecified atom stereocenters. The average molecular weight is 316 g/mol. The number of carbonyl (C=O) groups is 1. The van der Waals surface area contributed by atoms with Crippen LogP contribution in [0.4, 0.5) is 11.4 Å². The van der Waals surface area contributed by atoms with Gasteiger partial charge in [0.05, 0.1) is 9.85 Å². The van der Waals surface area contributed by atoms with Crippen molar-refractivity contribution in [1.82, 2.24) is 0 Å². The van der Waals surface area contributed by atoms with E-state index in [0.717, 1.165) is 0 Å². The van der Waals surface area contributed by atoms with E-state index in [1.807, 2.05) is 0 Å². The van der Waals surface area contributed by atoms with Crippen molar-refractivity contribution in [2.75, 3.05) is 6.61 Å². The number of ether oxygens (including phenoxy) is 1. The molecule has 0 fully saturated rings. The third-order valence-corrected chi connectivity index (χ3v) is 3.34. The Morgan fingerprint density at radius 2 is 1.26 bits per heavy atom. The monoisotopic (exact) mass is 316 g/mol. The minimum absolute atomic E-state index is 0.0269. The summed E-state index contributed by atoms with van der Waals surface area (Å²) in [4.78, 5) is 30.8. The number of benzene rings is 2. The molecule has 118 valence electrons. The standard InChI is InChI=1S/C15H12N2O6/c18-10-23-9-15(11-1-5-13(6-2-11)16(19)20)12-3-7-14(8-4-12)17(21)22/h1-8,10,15H,9H2. The first-order chi connectivity index (χ1) is 11.0. The lowest BCUT2D eigenvalue weighted by Gasteiger charge is -2.16. The molecule has 0 spiro atoms. The fraction of sp³-hybridized carbons (Fsp3) is 0.133. The predicted octanol–water partition coefficient (Wildman–Crippen LogP) is 2.81. The third kappa shape index (κ3) is 3.88. The molecular weight excluding hydrogens is 304 g/mol. The molecule has 23 heavy (non-hydrogen) atoms. The van der Waals surface area contributed by atoms with Gasteiger partial charge in [0.25, 0.3) is 17.8 Å². The second-order valence-corrected chi connectivity index (χ2v) is 4.68. The zero-order chi connectivity index (χ0) is 16.8. The summed E-state index contributed by atoms with van der Waals surface area (Å²) < 4.78 is 4.81. The molecule has 2 rings (SSSR count). The topological polar surface area (TPSA) is 113 Å². The van der Waals surface area contributed by atoms with Gasteiger partial charge in [-0.15, -0.1) is 0 Å². The molecule has 8 nitrogen and oxygen atoms in total. The number of rotatable bonds is 7. The van der Waals surface area contributed by atoms with Crippen LogP contribution in [0.5, 0.6) is 0 Å². The number of nitrogens with zero attached hydrogens (tertiary/aromatic N) is 2. The van der Waals surface area contributed by atoms with E-state index in [9.17, 15) is 25.0 Å². The summed E-state index contributed by atoms with van der Waals surface area (Å²) in [5.41, 5.74) is 1.30. The van der Waals surface area contributed by atoms with Crippen LogP contribution in [0.2, 0.25) is 0 Å². The van der Waals surface area contributed by atoms with Gasteiger partial charge in [-0.1, -0.05) is 24.3 Å². The maximum Gasteiger partial charge on any atom is 0.293 e. The van der Waals surface area contributed by atoms with Crippen LogP contribution in [0.1, 0.15) is 17.0 Å². The molecule has 0 aliphatic rings. The van der Waals surface area contributed by atoms with E-state index in [-0.39, 0.29) is 23.9 Å². The van der Waals surface area contributed by atoms with Crippen LogP contribution in [0.3, 0.4) is 0 Å². The van der Waals surface area contributed by atoms with Crippen LogP contribution in [0, 0.1) is 20.2 Å². The quantitative estimate of drug-likeness (QED) is 0.441. The van der Waals surface area contributed by atoms with E-state index in [2.05, 4.69) is 0 Å². The zero-order valence-electron chi connectivity index (χ0n) is 11.8. The summed E-state index contributed by atoms with van der Waals surface area (Å²) in [5.74, 6) is -0.373. The normalized spacial score (nSPS) is 10.3. The number of carbonyl (C=O) groups excluding carboxylic acids is 1. The van der Waals surface area contributed by atoms with Gasteiger partial charge in [-0.3, -0.25) is 25.0 Å². The molecular formula is C15H12N2O6. The van der Waals surface area contributed by atoms with Crippen LogP contribution in [-0.2, 0) is 9.53 Å². The molecule has 0 heterocycles. The van der Waals surface area contributed by atoms with Crippen molar-refractivity contribution < 1.29 is 19.4 Å². The number of non-ortho nitro benzene ring substituents is 2. The molecule has 0 aliphatic heterocycles. The minimum atomic E-state index is -0.507. The summed E-state index contributed by atoms with van der Waals surface area (Å²) in [5, 5.41) is 21.4. The molecule has 0 amide bonds. The lowest BCUT2D eigenvalue weighted by Crippen LogP contribution is -2.09. The molecule has 2 aromatic rings. The highest BCUT2D eigenvalue weighted by Gasteiger charge is 2.17. The van der Waals surface area contributed by atoms with E-state index < -0.39 is 9.85 Å². The third-order valence-electron chi connectivity index (χ3n) is 3.34. The van der Waals surface area contributed by atoms with Crippen molar-refractivity contribution in [3.63, 3.8) is 0 Å². The summed E-state index contributed by atoms with van der Waals surface area (Å²) >= 11 is 0. The van der Waals surface area contributed by atoms with E-state index in [1.54, 1.807) is 24.3 Å². The van der Waals surface area contributed by atoms with E-state index in [0.29, 0.717) is 17.6 Å². The first-order valence-electron chi connectivity index (χ1n) is 6.57. The maximum absolute atomic E-state index is 10.7. The van der Waals surface area contributed by atoms with Gasteiger partial charge in [0, 0.05) is 30.2 Å². The Hall–Kier alpha value is -3.29. The minimum Gasteiger partial charge on any atom is -0.467 e. The Kier molecular flexibility index (Phi) is 4.98. The van der Waals surface area contributed by atoms with Crippen LogP contribution >= 0.6 is 0 Å². The molecule has 0 saturated carbocycles. The van der Waals surface area contributed by atoms with Crippen molar-refractivity contribution in [3.8, 4) is 0 Å². The maximum atomic E-state index is 10.7. The second kappa shape index (κ2) is 7.12. The van der Waals surface area contributed by atoms with E-state index >= 15 is 0 Å². The molecule has 2 aromatic carbocycles. The van der Waals surface area contributed by atoms with Crippen molar-refractivity contribution >= 4 is 17.8 Å². The predicted molar refractivity (Wildman–Crippen MR) is 80.1 cm³/mol. The highest BCUT2D eigenvalue weighted by Crippen LogP contribution is 2.28. The van der Waals surface area contributed by atoms with Crippen LogP contribution in [0.15, 0.2) is 48.5 Å². The lowest BCUT2D eigenvalue weighted by atomic mass is 9.92. The van der Waals surface area contributed by atoms with Crippen molar-refractivity contribution in [3.05, 3.63) is 79.9 Å². The zero-order valence-corrected chi connectivity index (χ0v) is 11.8. The Morgan fingerprint density at radius 1 is 0.870 bits per heavy atom.